The molecule has 0 aliphatic heterocycles. The number of aromatic nitrogens is 4. The van der Waals surface area contributed by atoms with Crippen LogP contribution in [0.15, 0.2) is 58.8 Å². The molecule has 7 nitrogen and oxygen atoms in total. The summed E-state index contributed by atoms with van der Waals surface area (Å²) in [4.78, 5) is 16.3. The molecule has 30 heavy (non-hydrogen) atoms. The van der Waals surface area contributed by atoms with Crippen molar-refractivity contribution in [2.45, 2.75) is 25.2 Å². The number of pyridine rings is 1. The first-order valence-electron chi connectivity index (χ1n) is 8.92. The van der Waals surface area contributed by atoms with Crippen molar-refractivity contribution >= 4 is 51.0 Å². The Labute approximate surface area is 192 Å². The van der Waals surface area contributed by atoms with Crippen LogP contribution < -0.4 is 10.1 Å². The number of aryl methyl sites for hydroxylation is 1. The lowest BCUT2D eigenvalue weighted by atomic mass is 10.2. The fraction of sp³-hybridized carbons (Fsp3) is 0.200. The number of nitrogens with one attached hydrogen (secondary N) is 1. The van der Waals surface area contributed by atoms with Crippen LogP contribution in [0, 0.1) is 6.92 Å². The molecule has 0 unspecified atom stereocenters. The average molecular weight is 509 g/mol. The summed E-state index contributed by atoms with van der Waals surface area (Å²) < 4.78 is 8.54. The van der Waals surface area contributed by atoms with Gasteiger partial charge in [-0.1, -0.05) is 29.4 Å². The second kappa shape index (κ2) is 10.6. The van der Waals surface area contributed by atoms with Crippen LogP contribution in [0.2, 0.25) is 5.02 Å². The Morgan fingerprint density at radius 1 is 1.37 bits per heavy atom. The summed E-state index contributed by atoms with van der Waals surface area (Å²) in [5.74, 6) is 1.81. The van der Waals surface area contributed by atoms with Crippen LogP contribution in [0.25, 0.3) is 0 Å². The molecule has 2 heterocycles. The van der Waals surface area contributed by atoms with E-state index in [1.165, 1.54) is 11.8 Å². The van der Waals surface area contributed by atoms with Gasteiger partial charge in [-0.15, -0.1) is 16.8 Å². The van der Waals surface area contributed by atoms with Gasteiger partial charge in [0.2, 0.25) is 5.91 Å². The standard InChI is InChI=1S/C20H19BrClN5O2S/c1-3-8-27-18(11-29-15-5-6-16(22)13(2)9-15)25-26-20(27)30-12-19(28)24-17-7-4-14(21)10-23-17/h3-7,9-10H,1,8,11-12H2,2H3,(H,23,24,28). The van der Waals surface area contributed by atoms with Crippen LogP contribution >= 0.6 is 39.3 Å². The van der Waals surface area contributed by atoms with Gasteiger partial charge in [0, 0.05) is 22.2 Å². The van der Waals surface area contributed by atoms with E-state index >= 15 is 0 Å². The highest BCUT2D eigenvalue weighted by Crippen LogP contribution is 2.23. The zero-order chi connectivity index (χ0) is 21.5. The summed E-state index contributed by atoms with van der Waals surface area (Å²) in [6.45, 7) is 6.44. The van der Waals surface area contributed by atoms with E-state index in [1.54, 1.807) is 30.5 Å². The maximum Gasteiger partial charge on any atom is 0.236 e. The van der Waals surface area contributed by atoms with Gasteiger partial charge in [0.15, 0.2) is 11.0 Å². The van der Waals surface area contributed by atoms with Gasteiger partial charge < -0.3 is 10.1 Å². The molecule has 3 rings (SSSR count). The number of allylic oxidation sites excluding steroid dienone is 1. The summed E-state index contributed by atoms with van der Waals surface area (Å²) in [6, 6.07) is 9.00. The van der Waals surface area contributed by atoms with Crippen LogP contribution in [0.1, 0.15) is 11.4 Å². The third-order valence-electron chi connectivity index (χ3n) is 3.93. The molecular formula is C20H19BrClN5O2S. The zero-order valence-corrected chi connectivity index (χ0v) is 19.3. The quantitative estimate of drug-likeness (QED) is 0.327. The van der Waals surface area contributed by atoms with E-state index in [0.717, 1.165) is 10.0 Å². The first kappa shape index (κ1) is 22.3. The highest BCUT2D eigenvalue weighted by Gasteiger charge is 2.14. The van der Waals surface area contributed by atoms with Crippen molar-refractivity contribution in [3.8, 4) is 5.75 Å². The molecule has 0 radical (unpaired) electrons. The molecule has 10 heteroatoms. The lowest BCUT2D eigenvalue weighted by Crippen LogP contribution is -2.15. The van der Waals surface area contributed by atoms with Crippen molar-refractivity contribution in [1.82, 2.24) is 19.7 Å². The minimum Gasteiger partial charge on any atom is -0.486 e. The van der Waals surface area contributed by atoms with Gasteiger partial charge in [-0.3, -0.25) is 9.36 Å². The van der Waals surface area contributed by atoms with Crippen molar-refractivity contribution < 1.29 is 9.53 Å². The van der Waals surface area contributed by atoms with Crippen LogP contribution in [0.4, 0.5) is 5.82 Å². The molecule has 1 amide bonds. The number of benzene rings is 1. The number of carbonyl (C=O) groups is 1. The molecule has 3 aromatic rings. The number of halogens is 2. The van der Waals surface area contributed by atoms with Crippen LogP contribution in [0.3, 0.4) is 0 Å². The number of rotatable bonds is 9. The second-order valence-electron chi connectivity index (χ2n) is 6.20. The van der Waals surface area contributed by atoms with Gasteiger partial charge in [-0.05, 0) is 58.7 Å². The molecular weight excluding hydrogens is 490 g/mol. The predicted octanol–water partition coefficient (Wildman–Crippen LogP) is 4.89. The van der Waals surface area contributed by atoms with Gasteiger partial charge in [0.25, 0.3) is 0 Å². The Balaban J connectivity index is 1.61. The first-order valence-corrected chi connectivity index (χ1v) is 11.1. The number of thioether (sulfide) groups is 1. The highest BCUT2D eigenvalue weighted by atomic mass is 79.9. The third-order valence-corrected chi connectivity index (χ3v) is 5.79. The van der Waals surface area contributed by atoms with Crippen LogP contribution in [-0.4, -0.2) is 31.4 Å². The van der Waals surface area contributed by atoms with Crippen LogP contribution in [-0.2, 0) is 17.9 Å². The predicted molar refractivity (Wildman–Crippen MR) is 122 cm³/mol. The summed E-state index contributed by atoms with van der Waals surface area (Å²) in [7, 11) is 0. The molecule has 156 valence electrons. The first-order chi connectivity index (χ1) is 14.5. The molecule has 2 aromatic heterocycles. The minimum atomic E-state index is -0.183. The van der Waals surface area contributed by atoms with E-state index in [-0.39, 0.29) is 18.3 Å². The fourth-order valence-electron chi connectivity index (χ4n) is 2.46. The van der Waals surface area contributed by atoms with E-state index in [2.05, 4.69) is 43.0 Å². The lowest BCUT2D eigenvalue weighted by Gasteiger charge is -2.10. The highest BCUT2D eigenvalue weighted by molar-refractivity contribution is 9.10. The number of hydrogen-bond acceptors (Lipinski definition) is 6. The Morgan fingerprint density at radius 3 is 2.90 bits per heavy atom. The van der Waals surface area contributed by atoms with Gasteiger partial charge in [0.1, 0.15) is 18.2 Å². The summed E-state index contributed by atoms with van der Waals surface area (Å²) in [6.07, 6.45) is 3.37. The molecule has 0 bridgehead atoms. The van der Waals surface area contributed by atoms with Gasteiger partial charge in [-0.25, -0.2) is 4.98 Å². The molecule has 0 saturated heterocycles. The Morgan fingerprint density at radius 2 is 2.20 bits per heavy atom. The summed E-state index contributed by atoms with van der Waals surface area (Å²) in [5, 5.41) is 12.4. The number of nitrogens with zero attached hydrogens (tertiary/aromatic N) is 4. The van der Waals surface area contributed by atoms with E-state index in [9.17, 15) is 4.79 Å². The maximum atomic E-state index is 12.2. The number of carbonyl (C=O) groups excluding carboxylic acids is 1. The minimum absolute atomic E-state index is 0.171. The summed E-state index contributed by atoms with van der Waals surface area (Å²) >= 11 is 10.6. The number of ether oxygens (including phenoxy) is 1. The van der Waals surface area contributed by atoms with Gasteiger partial charge >= 0.3 is 0 Å². The monoisotopic (exact) mass is 507 g/mol. The molecule has 0 saturated carbocycles. The Kier molecular flexibility index (Phi) is 7.89. The van der Waals surface area contributed by atoms with Gasteiger partial charge in [0.05, 0.1) is 5.75 Å². The molecule has 0 aliphatic carbocycles. The maximum absolute atomic E-state index is 12.2. The largest absolute Gasteiger partial charge is 0.486 e. The van der Waals surface area contributed by atoms with Gasteiger partial charge in [-0.2, -0.15) is 0 Å². The third kappa shape index (κ3) is 6.07. The second-order valence-corrected chi connectivity index (χ2v) is 8.46. The topological polar surface area (TPSA) is 81.9 Å². The smallest absolute Gasteiger partial charge is 0.236 e. The molecule has 0 fully saturated rings. The molecule has 0 atom stereocenters. The van der Waals surface area contributed by atoms with Crippen molar-refractivity contribution in [3.05, 3.63) is 70.1 Å². The average Bonchev–Trinajstić information content (AvgIpc) is 3.11. The van der Waals surface area contributed by atoms with Crippen molar-refractivity contribution in [2.75, 3.05) is 11.1 Å². The molecule has 0 spiro atoms. The zero-order valence-electron chi connectivity index (χ0n) is 16.1. The number of hydrogen-bond donors (Lipinski definition) is 1. The Bertz CT molecular complexity index is 1040. The van der Waals surface area contributed by atoms with E-state index < -0.39 is 0 Å². The van der Waals surface area contributed by atoms with Crippen molar-refractivity contribution in [2.24, 2.45) is 0 Å². The van der Waals surface area contributed by atoms with Crippen molar-refractivity contribution in [1.29, 1.82) is 0 Å². The molecule has 1 aromatic carbocycles. The number of anilines is 1. The van der Waals surface area contributed by atoms with Crippen LogP contribution in [0.5, 0.6) is 5.75 Å². The summed E-state index contributed by atoms with van der Waals surface area (Å²) in [5.41, 5.74) is 0.934. The van der Waals surface area contributed by atoms with E-state index in [1.807, 2.05) is 23.6 Å². The molecule has 1 N–H and O–H groups in total. The van der Waals surface area contributed by atoms with E-state index in [4.69, 9.17) is 16.3 Å². The SMILES string of the molecule is C=CCn1c(COc2ccc(Cl)c(C)c2)nnc1SCC(=O)Nc1ccc(Br)cn1. The molecule has 0 aliphatic rings. The van der Waals surface area contributed by atoms with E-state index in [0.29, 0.717) is 34.1 Å². The van der Waals surface area contributed by atoms with Crippen molar-refractivity contribution in [3.63, 3.8) is 0 Å². The Hall–Kier alpha value is -2.36. The normalized spacial score (nSPS) is 10.6. The number of amides is 1. The fourth-order valence-corrected chi connectivity index (χ4v) is 3.58. The lowest BCUT2D eigenvalue weighted by molar-refractivity contribution is -0.113.